The number of pyridine rings is 1. The van der Waals surface area contributed by atoms with Gasteiger partial charge in [0.2, 0.25) is 0 Å². The van der Waals surface area contributed by atoms with Crippen molar-refractivity contribution in [3.05, 3.63) is 65.5 Å². The second-order valence-electron chi connectivity index (χ2n) is 7.13. The number of hydrogen-bond acceptors (Lipinski definition) is 6. The highest BCUT2D eigenvalue weighted by Gasteiger charge is 2.46. The summed E-state index contributed by atoms with van der Waals surface area (Å²) in [5.41, 5.74) is 1.16. The predicted molar refractivity (Wildman–Crippen MR) is 109 cm³/mol. The van der Waals surface area contributed by atoms with Crippen molar-refractivity contribution < 1.29 is 19.4 Å². The molecule has 0 bridgehead atoms. The van der Waals surface area contributed by atoms with Crippen LogP contribution in [0, 0.1) is 0 Å². The van der Waals surface area contributed by atoms with Gasteiger partial charge in [0.1, 0.15) is 11.5 Å². The zero-order valence-electron chi connectivity index (χ0n) is 16.8. The number of aliphatic hydroxyl groups excluding tert-OH is 1. The molecule has 29 heavy (non-hydrogen) atoms. The summed E-state index contributed by atoms with van der Waals surface area (Å²) in [5, 5.41) is 11.1. The topological polar surface area (TPSA) is 83.0 Å². The number of aromatic nitrogens is 1. The second-order valence-corrected chi connectivity index (χ2v) is 7.13. The monoisotopic (exact) mass is 395 g/mol. The average molecular weight is 395 g/mol. The summed E-state index contributed by atoms with van der Waals surface area (Å²) >= 11 is 0. The first-order valence-corrected chi connectivity index (χ1v) is 9.42. The number of para-hydroxylation sites is 1. The molecule has 0 saturated carbocycles. The van der Waals surface area contributed by atoms with Crippen LogP contribution < -0.4 is 4.74 Å². The fraction of sp³-hybridized carbons (Fsp3) is 0.318. The molecular formula is C22H25N3O4. The fourth-order valence-electron chi connectivity index (χ4n) is 3.55. The first-order chi connectivity index (χ1) is 14.0. The number of likely N-dealkylation sites (tertiary alicyclic amines) is 1. The van der Waals surface area contributed by atoms with Gasteiger partial charge in [-0.25, -0.2) is 0 Å². The molecular weight excluding hydrogens is 370 g/mol. The summed E-state index contributed by atoms with van der Waals surface area (Å²) in [6.45, 7) is 1.18. The third-order valence-corrected chi connectivity index (χ3v) is 4.93. The number of nitrogens with zero attached hydrogens (tertiary/aromatic N) is 3. The molecule has 2 heterocycles. The molecule has 1 aromatic carbocycles. The van der Waals surface area contributed by atoms with Crippen LogP contribution >= 0.6 is 0 Å². The van der Waals surface area contributed by atoms with Gasteiger partial charge in [-0.2, -0.15) is 0 Å². The van der Waals surface area contributed by atoms with Gasteiger partial charge in [0.15, 0.2) is 0 Å². The van der Waals surface area contributed by atoms with E-state index in [1.165, 1.54) is 12.0 Å². The van der Waals surface area contributed by atoms with Gasteiger partial charge < -0.3 is 19.6 Å². The second kappa shape index (κ2) is 8.87. The van der Waals surface area contributed by atoms with Crippen LogP contribution in [0.15, 0.2) is 54.4 Å². The Kier molecular flexibility index (Phi) is 6.29. The van der Waals surface area contributed by atoms with Crippen LogP contribution in [0.4, 0.5) is 0 Å². The Morgan fingerprint density at radius 2 is 1.86 bits per heavy atom. The zero-order chi connectivity index (χ0) is 21.0. The van der Waals surface area contributed by atoms with Crippen LogP contribution in [0.5, 0.6) is 5.75 Å². The van der Waals surface area contributed by atoms with Gasteiger partial charge >= 0.3 is 0 Å². The molecule has 1 unspecified atom stereocenters. The van der Waals surface area contributed by atoms with Crippen molar-refractivity contribution in [2.45, 2.75) is 12.5 Å². The lowest BCUT2D eigenvalue weighted by molar-refractivity contribution is -0.139. The van der Waals surface area contributed by atoms with E-state index in [0.29, 0.717) is 24.3 Å². The average Bonchev–Trinajstić information content (AvgIpc) is 2.98. The van der Waals surface area contributed by atoms with E-state index in [1.807, 2.05) is 19.0 Å². The van der Waals surface area contributed by atoms with Gasteiger partial charge in [-0.15, -0.1) is 0 Å². The van der Waals surface area contributed by atoms with Crippen molar-refractivity contribution in [3.8, 4) is 5.75 Å². The van der Waals surface area contributed by atoms with E-state index in [9.17, 15) is 14.7 Å². The summed E-state index contributed by atoms with van der Waals surface area (Å²) in [5.74, 6) is -1.11. The smallest absolute Gasteiger partial charge is 0.295 e. The molecule has 1 saturated heterocycles. The SMILES string of the molecule is COc1ccccc1/C(O)=C1\C(=O)C(=O)N(CCCN(C)C)C1c1ccncc1. The maximum atomic E-state index is 12.9. The number of rotatable bonds is 7. The van der Waals surface area contributed by atoms with E-state index in [2.05, 4.69) is 4.98 Å². The van der Waals surface area contributed by atoms with E-state index < -0.39 is 17.7 Å². The van der Waals surface area contributed by atoms with E-state index in [-0.39, 0.29) is 11.3 Å². The molecule has 1 amide bonds. The van der Waals surface area contributed by atoms with Crippen molar-refractivity contribution in [2.24, 2.45) is 0 Å². The first-order valence-electron chi connectivity index (χ1n) is 9.42. The predicted octanol–water partition coefficient (Wildman–Crippen LogP) is 2.46. The molecule has 0 spiro atoms. The maximum absolute atomic E-state index is 12.9. The van der Waals surface area contributed by atoms with Gasteiger partial charge in [-0.05, 0) is 56.9 Å². The highest BCUT2D eigenvalue weighted by molar-refractivity contribution is 6.46. The zero-order valence-corrected chi connectivity index (χ0v) is 16.8. The van der Waals surface area contributed by atoms with Crippen molar-refractivity contribution in [3.63, 3.8) is 0 Å². The number of ether oxygens (including phenoxy) is 1. The molecule has 2 aromatic rings. The molecule has 1 aromatic heterocycles. The van der Waals surface area contributed by atoms with Gasteiger partial charge in [-0.1, -0.05) is 12.1 Å². The lowest BCUT2D eigenvalue weighted by Gasteiger charge is -2.26. The van der Waals surface area contributed by atoms with Crippen molar-refractivity contribution in [1.82, 2.24) is 14.8 Å². The minimum atomic E-state index is -0.694. The van der Waals surface area contributed by atoms with E-state index in [1.54, 1.807) is 48.8 Å². The molecule has 0 aliphatic carbocycles. The van der Waals surface area contributed by atoms with Gasteiger partial charge in [0.05, 0.1) is 24.3 Å². The molecule has 1 aliphatic rings. The largest absolute Gasteiger partial charge is 0.507 e. The third kappa shape index (κ3) is 4.14. The molecule has 1 aliphatic heterocycles. The Bertz CT molecular complexity index is 925. The van der Waals surface area contributed by atoms with E-state index >= 15 is 0 Å². The molecule has 0 radical (unpaired) electrons. The maximum Gasteiger partial charge on any atom is 0.295 e. The number of benzene rings is 1. The lowest BCUT2D eigenvalue weighted by atomic mass is 9.95. The van der Waals surface area contributed by atoms with E-state index in [4.69, 9.17) is 4.74 Å². The number of Topliss-reactive ketones (excluding diaryl/α,β-unsaturated/α-hetero) is 1. The van der Waals surface area contributed by atoms with Crippen molar-refractivity contribution in [1.29, 1.82) is 0 Å². The van der Waals surface area contributed by atoms with Crippen LogP contribution in [0.25, 0.3) is 5.76 Å². The number of ketones is 1. The number of carbonyl (C=O) groups excluding carboxylic acids is 2. The summed E-state index contributed by atoms with van der Waals surface area (Å²) in [6, 6.07) is 9.71. The Morgan fingerprint density at radius 1 is 1.17 bits per heavy atom. The number of aliphatic hydroxyl groups is 1. The van der Waals surface area contributed by atoms with E-state index in [0.717, 1.165) is 12.1 Å². The summed E-state index contributed by atoms with van der Waals surface area (Å²) in [6.07, 6.45) is 3.92. The van der Waals surface area contributed by atoms with Crippen molar-refractivity contribution in [2.75, 3.05) is 34.3 Å². The van der Waals surface area contributed by atoms with Gasteiger partial charge in [0, 0.05) is 18.9 Å². The number of carbonyl (C=O) groups is 2. The Hall–Kier alpha value is -3.19. The summed E-state index contributed by atoms with van der Waals surface area (Å²) < 4.78 is 5.33. The van der Waals surface area contributed by atoms with Gasteiger partial charge in [0.25, 0.3) is 11.7 Å². The van der Waals surface area contributed by atoms with Crippen LogP contribution in [-0.4, -0.2) is 65.9 Å². The van der Waals surface area contributed by atoms with Gasteiger partial charge in [-0.3, -0.25) is 14.6 Å². The molecule has 1 atom stereocenters. The van der Waals surface area contributed by atoms with Crippen LogP contribution in [0.1, 0.15) is 23.6 Å². The molecule has 1 N–H and O–H groups in total. The molecule has 3 rings (SSSR count). The first kappa shape index (κ1) is 20.5. The van der Waals surface area contributed by atoms with Crippen LogP contribution in [0.2, 0.25) is 0 Å². The number of methoxy groups -OCH3 is 1. The Labute approximate surface area is 170 Å². The quantitative estimate of drug-likeness (QED) is 0.441. The highest BCUT2D eigenvalue weighted by atomic mass is 16.5. The standard InChI is InChI=1S/C22H25N3O4/c1-24(2)13-6-14-25-19(15-9-11-23-12-10-15)18(21(27)22(25)28)20(26)16-7-4-5-8-17(16)29-3/h4-5,7-12,19,26H,6,13-14H2,1-3H3/b20-18+. The number of hydrogen-bond donors (Lipinski definition) is 1. The van der Waals surface area contributed by atoms with Crippen LogP contribution in [0.3, 0.4) is 0 Å². The fourth-order valence-corrected chi connectivity index (χ4v) is 3.55. The normalized spacial score (nSPS) is 18.5. The van der Waals surface area contributed by atoms with Crippen molar-refractivity contribution >= 4 is 17.4 Å². The van der Waals surface area contributed by atoms with Crippen LogP contribution in [-0.2, 0) is 9.59 Å². The molecule has 152 valence electrons. The third-order valence-electron chi connectivity index (χ3n) is 4.93. The molecule has 7 heteroatoms. The lowest BCUT2D eigenvalue weighted by Crippen LogP contribution is -2.32. The minimum Gasteiger partial charge on any atom is -0.507 e. The summed E-state index contributed by atoms with van der Waals surface area (Å²) in [4.78, 5) is 33.3. The number of amides is 1. The highest BCUT2D eigenvalue weighted by Crippen LogP contribution is 2.40. The Balaban J connectivity index is 2.11. The minimum absolute atomic E-state index is 0.0653. The molecule has 7 nitrogen and oxygen atoms in total. The Morgan fingerprint density at radius 3 is 2.52 bits per heavy atom. The molecule has 1 fully saturated rings. The summed E-state index contributed by atoms with van der Waals surface area (Å²) in [7, 11) is 5.40.